The first-order valence-electron chi connectivity index (χ1n) is 5.95. The minimum atomic E-state index is 0.134. The molecule has 0 bridgehead atoms. The van der Waals surface area contributed by atoms with Gasteiger partial charge in [0.15, 0.2) is 0 Å². The summed E-state index contributed by atoms with van der Waals surface area (Å²) in [6, 6.07) is 4.45. The minimum absolute atomic E-state index is 0.134. The lowest BCUT2D eigenvalue weighted by Crippen LogP contribution is -2.25. The molecule has 96 valence electrons. The molecule has 0 saturated carbocycles. The number of thiophene rings is 1. The van der Waals surface area contributed by atoms with E-state index in [9.17, 15) is 0 Å². The van der Waals surface area contributed by atoms with Gasteiger partial charge in [0.25, 0.3) is 0 Å². The summed E-state index contributed by atoms with van der Waals surface area (Å²) in [7, 11) is 0. The molecule has 2 N–H and O–H groups in total. The summed E-state index contributed by atoms with van der Waals surface area (Å²) >= 11 is 3.51. The first-order valence-corrected chi connectivity index (χ1v) is 7.65. The second-order valence-corrected chi connectivity index (χ2v) is 6.58. The number of aromatic nitrogens is 2. The average Bonchev–Trinajstić information content (AvgIpc) is 2.83. The highest BCUT2D eigenvalue weighted by atomic mass is 32.2. The molecule has 0 aromatic carbocycles. The Labute approximate surface area is 116 Å². The molecule has 3 nitrogen and oxygen atoms in total. The van der Waals surface area contributed by atoms with Crippen LogP contribution in [0.2, 0.25) is 0 Å². The van der Waals surface area contributed by atoms with Crippen LogP contribution in [-0.2, 0) is 0 Å². The van der Waals surface area contributed by atoms with E-state index in [-0.39, 0.29) is 11.3 Å². The topological polar surface area (TPSA) is 51.8 Å². The van der Waals surface area contributed by atoms with Crippen molar-refractivity contribution in [1.29, 1.82) is 0 Å². The van der Waals surface area contributed by atoms with Crippen LogP contribution in [0.5, 0.6) is 0 Å². The van der Waals surface area contributed by atoms with Crippen LogP contribution in [0.15, 0.2) is 35.7 Å². The van der Waals surface area contributed by atoms with Crippen molar-refractivity contribution in [2.24, 2.45) is 5.73 Å². The van der Waals surface area contributed by atoms with Gasteiger partial charge in [0.1, 0.15) is 5.03 Å². The summed E-state index contributed by atoms with van der Waals surface area (Å²) in [5, 5.41) is 1.18. The minimum Gasteiger partial charge on any atom is -0.326 e. The summed E-state index contributed by atoms with van der Waals surface area (Å²) in [6.45, 7) is 4.24. The zero-order chi connectivity index (χ0) is 13.0. The predicted octanol–water partition coefficient (Wildman–Crippen LogP) is 3.42. The molecule has 0 saturated heterocycles. The van der Waals surface area contributed by atoms with Gasteiger partial charge < -0.3 is 5.73 Å². The zero-order valence-electron chi connectivity index (χ0n) is 10.5. The number of nitrogens with zero attached hydrogens (tertiary/aromatic N) is 2. The summed E-state index contributed by atoms with van der Waals surface area (Å²) < 4.78 is 0. The van der Waals surface area contributed by atoms with Crippen molar-refractivity contribution in [2.75, 3.05) is 0 Å². The summed E-state index contributed by atoms with van der Waals surface area (Å²) in [5.41, 5.74) is 6.24. The lowest BCUT2D eigenvalue weighted by Gasteiger charge is -2.20. The Morgan fingerprint density at radius 2 is 2.22 bits per heavy atom. The number of thioether (sulfide) groups is 1. The van der Waals surface area contributed by atoms with Crippen LogP contribution in [0.1, 0.15) is 28.3 Å². The maximum absolute atomic E-state index is 6.24. The van der Waals surface area contributed by atoms with Crippen LogP contribution in [0, 0.1) is 6.92 Å². The van der Waals surface area contributed by atoms with Gasteiger partial charge in [0.2, 0.25) is 0 Å². The Morgan fingerprint density at radius 3 is 2.78 bits per heavy atom. The Bertz CT molecular complexity index is 484. The fourth-order valence-corrected chi connectivity index (χ4v) is 3.94. The molecule has 0 aliphatic carbocycles. The smallest absolute Gasteiger partial charge is 0.115 e. The van der Waals surface area contributed by atoms with Crippen LogP contribution >= 0.6 is 23.1 Å². The van der Waals surface area contributed by atoms with Crippen molar-refractivity contribution in [2.45, 2.75) is 36.6 Å². The van der Waals surface area contributed by atoms with E-state index in [1.807, 2.05) is 11.3 Å². The summed E-state index contributed by atoms with van der Waals surface area (Å²) in [6.07, 6.45) is 6.15. The molecule has 2 atom stereocenters. The van der Waals surface area contributed by atoms with Gasteiger partial charge in [-0.15, -0.1) is 11.3 Å². The number of nitrogens with two attached hydrogens (primary N) is 1. The van der Waals surface area contributed by atoms with Gasteiger partial charge in [-0.3, -0.25) is 4.98 Å². The Balaban J connectivity index is 2.21. The predicted molar refractivity (Wildman–Crippen MR) is 78.0 cm³/mol. The molecule has 18 heavy (non-hydrogen) atoms. The quantitative estimate of drug-likeness (QED) is 0.852. The number of hydrogen-bond acceptors (Lipinski definition) is 5. The van der Waals surface area contributed by atoms with Crippen LogP contribution in [0.3, 0.4) is 0 Å². The van der Waals surface area contributed by atoms with Gasteiger partial charge in [0.05, 0.1) is 11.4 Å². The van der Waals surface area contributed by atoms with E-state index in [4.69, 9.17) is 5.73 Å². The third-order valence-corrected chi connectivity index (χ3v) is 5.23. The maximum Gasteiger partial charge on any atom is 0.115 e. The second-order valence-electron chi connectivity index (χ2n) is 4.10. The highest BCUT2D eigenvalue weighted by Crippen LogP contribution is 2.39. The van der Waals surface area contributed by atoms with Crippen molar-refractivity contribution in [3.8, 4) is 0 Å². The standard InChI is InChI=1S/C13H17N3S2/c1-3-10(14)13(11-5-4-9(2)17-11)18-12-8-15-6-7-16-12/h4-8,10,13H,3,14H2,1-2H3. The van der Waals surface area contributed by atoms with Gasteiger partial charge in [-0.25, -0.2) is 4.98 Å². The molecule has 0 aliphatic heterocycles. The van der Waals surface area contributed by atoms with Gasteiger partial charge >= 0.3 is 0 Å². The van der Waals surface area contributed by atoms with E-state index in [2.05, 4.69) is 35.9 Å². The third kappa shape index (κ3) is 3.31. The van der Waals surface area contributed by atoms with Crippen molar-refractivity contribution in [3.63, 3.8) is 0 Å². The molecule has 0 radical (unpaired) electrons. The maximum atomic E-state index is 6.24. The summed E-state index contributed by atoms with van der Waals surface area (Å²) in [5.74, 6) is 0. The molecule has 0 amide bonds. The molecule has 2 unspecified atom stereocenters. The van der Waals surface area contributed by atoms with Crippen molar-refractivity contribution in [1.82, 2.24) is 9.97 Å². The molecule has 2 aromatic heterocycles. The first kappa shape index (κ1) is 13.5. The van der Waals surface area contributed by atoms with Gasteiger partial charge in [-0.05, 0) is 25.5 Å². The van der Waals surface area contributed by atoms with Crippen LogP contribution in [-0.4, -0.2) is 16.0 Å². The first-order chi connectivity index (χ1) is 8.70. The molecule has 2 aromatic rings. The third-order valence-electron chi connectivity index (χ3n) is 2.69. The second kappa shape index (κ2) is 6.31. The lowest BCUT2D eigenvalue weighted by atomic mass is 10.1. The fraction of sp³-hybridized carbons (Fsp3) is 0.385. The van der Waals surface area contributed by atoms with Crippen LogP contribution < -0.4 is 5.73 Å². The molecular weight excluding hydrogens is 262 g/mol. The van der Waals surface area contributed by atoms with Crippen molar-refractivity contribution < 1.29 is 0 Å². The fourth-order valence-electron chi connectivity index (χ4n) is 1.65. The monoisotopic (exact) mass is 279 g/mol. The van der Waals surface area contributed by atoms with E-state index < -0.39 is 0 Å². The Kier molecular flexibility index (Phi) is 4.74. The van der Waals surface area contributed by atoms with E-state index in [0.717, 1.165) is 11.4 Å². The molecule has 2 heterocycles. The van der Waals surface area contributed by atoms with E-state index >= 15 is 0 Å². The molecule has 0 aliphatic rings. The largest absolute Gasteiger partial charge is 0.326 e. The van der Waals surface area contributed by atoms with Gasteiger partial charge in [0, 0.05) is 28.2 Å². The van der Waals surface area contributed by atoms with Crippen LogP contribution in [0.25, 0.3) is 0 Å². The van der Waals surface area contributed by atoms with Gasteiger partial charge in [-0.2, -0.15) is 0 Å². The summed E-state index contributed by atoms with van der Waals surface area (Å²) in [4.78, 5) is 11.1. The van der Waals surface area contributed by atoms with Crippen molar-refractivity contribution in [3.05, 3.63) is 40.5 Å². The van der Waals surface area contributed by atoms with E-state index in [1.165, 1.54) is 9.75 Å². The van der Waals surface area contributed by atoms with E-state index in [1.54, 1.807) is 30.4 Å². The molecule has 5 heteroatoms. The Morgan fingerprint density at radius 1 is 1.39 bits per heavy atom. The normalized spacial score (nSPS) is 14.4. The van der Waals surface area contributed by atoms with E-state index in [0.29, 0.717) is 0 Å². The Hall–Kier alpha value is -0.910. The highest BCUT2D eigenvalue weighted by molar-refractivity contribution is 7.99. The molecule has 0 fully saturated rings. The number of rotatable bonds is 5. The average molecular weight is 279 g/mol. The molecular formula is C13H17N3S2. The molecule has 2 rings (SSSR count). The van der Waals surface area contributed by atoms with Crippen molar-refractivity contribution >= 4 is 23.1 Å². The SMILES string of the molecule is CCC(N)C(Sc1cnccn1)c1ccc(C)s1. The molecule has 0 spiro atoms. The lowest BCUT2D eigenvalue weighted by molar-refractivity contribution is 0.639. The number of aryl methyl sites for hydroxylation is 1. The van der Waals surface area contributed by atoms with Gasteiger partial charge in [-0.1, -0.05) is 18.7 Å². The highest BCUT2D eigenvalue weighted by Gasteiger charge is 2.22. The zero-order valence-corrected chi connectivity index (χ0v) is 12.2. The number of hydrogen-bond donors (Lipinski definition) is 1. The van der Waals surface area contributed by atoms with Crippen LogP contribution in [0.4, 0.5) is 0 Å².